The molecule has 124 valence electrons. The van der Waals surface area contributed by atoms with Crippen molar-refractivity contribution in [3.05, 3.63) is 64.1 Å². The lowest BCUT2D eigenvalue weighted by Gasteiger charge is -2.11. The van der Waals surface area contributed by atoms with Gasteiger partial charge < -0.3 is 4.74 Å². The molecule has 2 aromatic carbocycles. The van der Waals surface area contributed by atoms with Crippen LogP contribution in [0.4, 0.5) is 0 Å². The third-order valence-corrected chi connectivity index (χ3v) is 3.79. The predicted molar refractivity (Wildman–Crippen MR) is 97.8 cm³/mol. The van der Waals surface area contributed by atoms with Gasteiger partial charge in [0.15, 0.2) is 5.11 Å². The number of hydrazine groups is 1. The molecule has 0 heterocycles. The number of halogens is 1. The van der Waals surface area contributed by atoms with E-state index in [1.54, 1.807) is 48.5 Å². The Kier molecular flexibility index (Phi) is 6.28. The highest BCUT2D eigenvalue weighted by Crippen LogP contribution is 2.25. The van der Waals surface area contributed by atoms with Crippen molar-refractivity contribution in [2.24, 2.45) is 0 Å². The SMILES string of the molecule is COc1ccc(C(=O)NNC(=S)NC(=O)c2ccccc2)cc1Br. The van der Waals surface area contributed by atoms with E-state index in [2.05, 4.69) is 32.1 Å². The summed E-state index contributed by atoms with van der Waals surface area (Å²) in [6.07, 6.45) is 0. The molecule has 2 aromatic rings. The zero-order valence-electron chi connectivity index (χ0n) is 12.6. The molecular formula is C16H14BrN3O3S. The van der Waals surface area contributed by atoms with E-state index < -0.39 is 5.91 Å². The molecule has 0 saturated heterocycles. The van der Waals surface area contributed by atoms with E-state index in [9.17, 15) is 9.59 Å². The van der Waals surface area contributed by atoms with E-state index in [4.69, 9.17) is 17.0 Å². The van der Waals surface area contributed by atoms with Gasteiger partial charge in [-0.3, -0.25) is 25.8 Å². The van der Waals surface area contributed by atoms with Gasteiger partial charge in [-0.05, 0) is 58.5 Å². The first-order valence-corrected chi connectivity index (χ1v) is 8.01. The summed E-state index contributed by atoms with van der Waals surface area (Å²) in [4.78, 5) is 24.0. The van der Waals surface area contributed by atoms with Crippen molar-refractivity contribution >= 4 is 45.1 Å². The maximum absolute atomic E-state index is 12.0. The standard InChI is InChI=1S/C16H14BrN3O3S/c1-23-13-8-7-11(9-12(13)17)15(22)19-20-16(24)18-14(21)10-5-3-2-4-6-10/h2-9H,1H3,(H,19,22)(H2,18,20,21,24). The number of amides is 2. The molecule has 2 rings (SSSR count). The van der Waals surface area contributed by atoms with E-state index in [1.807, 2.05) is 0 Å². The molecule has 0 radical (unpaired) electrons. The average molecular weight is 408 g/mol. The molecule has 0 bridgehead atoms. The summed E-state index contributed by atoms with van der Waals surface area (Å²) in [7, 11) is 1.54. The Labute approximate surface area is 152 Å². The first-order chi connectivity index (χ1) is 11.5. The Balaban J connectivity index is 1.88. The number of hydrogen-bond acceptors (Lipinski definition) is 4. The largest absolute Gasteiger partial charge is 0.496 e. The van der Waals surface area contributed by atoms with Gasteiger partial charge in [-0.15, -0.1) is 0 Å². The van der Waals surface area contributed by atoms with Crippen LogP contribution in [0.15, 0.2) is 53.0 Å². The van der Waals surface area contributed by atoms with E-state index >= 15 is 0 Å². The molecule has 0 aliphatic carbocycles. The molecule has 0 aromatic heterocycles. The van der Waals surface area contributed by atoms with Crippen LogP contribution >= 0.6 is 28.1 Å². The quantitative estimate of drug-likeness (QED) is 0.537. The van der Waals surface area contributed by atoms with E-state index in [1.165, 1.54) is 7.11 Å². The Morgan fingerprint density at radius 3 is 2.33 bits per heavy atom. The maximum atomic E-state index is 12.0. The van der Waals surface area contributed by atoms with Crippen LogP contribution in [0.2, 0.25) is 0 Å². The van der Waals surface area contributed by atoms with Crippen molar-refractivity contribution in [2.45, 2.75) is 0 Å². The summed E-state index contributed by atoms with van der Waals surface area (Å²) in [6.45, 7) is 0. The van der Waals surface area contributed by atoms with Gasteiger partial charge in [0.25, 0.3) is 11.8 Å². The topological polar surface area (TPSA) is 79.5 Å². The van der Waals surface area contributed by atoms with Crippen LogP contribution in [0.3, 0.4) is 0 Å². The molecule has 0 spiro atoms. The molecule has 0 unspecified atom stereocenters. The second-order valence-corrected chi connectivity index (χ2v) is 5.84. The first-order valence-electron chi connectivity index (χ1n) is 6.81. The smallest absolute Gasteiger partial charge is 0.269 e. The normalized spacial score (nSPS) is 9.75. The summed E-state index contributed by atoms with van der Waals surface area (Å²) in [5.74, 6) is -0.158. The third kappa shape index (κ3) is 4.77. The fraction of sp³-hybridized carbons (Fsp3) is 0.0625. The highest BCUT2D eigenvalue weighted by atomic mass is 79.9. The van der Waals surface area contributed by atoms with Crippen LogP contribution in [-0.4, -0.2) is 24.0 Å². The zero-order chi connectivity index (χ0) is 17.5. The van der Waals surface area contributed by atoms with Crippen LogP contribution in [0.5, 0.6) is 5.75 Å². The maximum Gasteiger partial charge on any atom is 0.269 e. The molecule has 0 fully saturated rings. The van der Waals surface area contributed by atoms with E-state index in [0.29, 0.717) is 21.3 Å². The van der Waals surface area contributed by atoms with Gasteiger partial charge in [-0.2, -0.15) is 0 Å². The second-order valence-electron chi connectivity index (χ2n) is 4.58. The molecule has 0 saturated carbocycles. The number of rotatable bonds is 3. The van der Waals surface area contributed by atoms with E-state index in [0.717, 1.165) is 0 Å². The minimum atomic E-state index is -0.408. The monoisotopic (exact) mass is 407 g/mol. The average Bonchev–Trinajstić information content (AvgIpc) is 2.60. The van der Waals surface area contributed by atoms with Gasteiger partial charge in [0.05, 0.1) is 11.6 Å². The van der Waals surface area contributed by atoms with Crippen LogP contribution in [0.25, 0.3) is 0 Å². The molecule has 0 aliphatic rings. The Morgan fingerprint density at radius 2 is 1.71 bits per heavy atom. The predicted octanol–water partition coefficient (Wildman–Crippen LogP) is 2.41. The van der Waals surface area contributed by atoms with Gasteiger partial charge in [-0.1, -0.05) is 18.2 Å². The molecule has 24 heavy (non-hydrogen) atoms. The van der Waals surface area contributed by atoms with E-state index in [-0.39, 0.29) is 11.0 Å². The number of nitrogens with one attached hydrogen (secondary N) is 3. The minimum Gasteiger partial charge on any atom is -0.496 e. The second kappa shape index (κ2) is 8.42. The lowest BCUT2D eigenvalue weighted by molar-refractivity contribution is 0.0934. The zero-order valence-corrected chi connectivity index (χ0v) is 15.0. The number of methoxy groups -OCH3 is 1. The Hall–Kier alpha value is -2.45. The van der Waals surface area contributed by atoms with Gasteiger partial charge >= 0.3 is 0 Å². The minimum absolute atomic E-state index is 0.00946. The summed E-state index contributed by atoms with van der Waals surface area (Å²) < 4.78 is 5.75. The third-order valence-electron chi connectivity index (χ3n) is 2.97. The van der Waals surface area contributed by atoms with Crippen LogP contribution in [0, 0.1) is 0 Å². The Morgan fingerprint density at radius 1 is 1.00 bits per heavy atom. The molecule has 8 heteroatoms. The number of carbonyl (C=O) groups is 2. The number of carbonyl (C=O) groups excluding carboxylic acids is 2. The molecule has 3 N–H and O–H groups in total. The highest BCUT2D eigenvalue weighted by molar-refractivity contribution is 9.10. The fourth-order valence-corrected chi connectivity index (χ4v) is 2.47. The first kappa shape index (κ1) is 17.9. The van der Waals surface area contributed by atoms with Crippen LogP contribution in [-0.2, 0) is 0 Å². The summed E-state index contributed by atoms with van der Waals surface area (Å²) in [5.41, 5.74) is 5.76. The molecule has 2 amide bonds. The Bertz CT molecular complexity index is 768. The lowest BCUT2D eigenvalue weighted by Crippen LogP contribution is -2.48. The van der Waals surface area contributed by atoms with Gasteiger partial charge in [0.1, 0.15) is 5.75 Å². The number of ether oxygens (including phenoxy) is 1. The van der Waals surface area contributed by atoms with Gasteiger partial charge in [-0.25, -0.2) is 0 Å². The van der Waals surface area contributed by atoms with Crippen molar-refractivity contribution in [1.82, 2.24) is 16.2 Å². The number of thiocarbonyl (C=S) groups is 1. The highest BCUT2D eigenvalue weighted by Gasteiger charge is 2.10. The fourth-order valence-electron chi connectivity index (χ4n) is 1.79. The van der Waals surface area contributed by atoms with Crippen molar-refractivity contribution in [1.29, 1.82) is 0 Å². The summed E-state index contributed by atoms with van der Waals surface area (Å²) >= 11 is 8.28. The molecular weight excluding hydrogens is 394 g/mol. The van der Waals surface area contributed by atoms with Crippen molar-refractivity contribution in [3.8, 4) is 5.75 Å². The lowest BCUT2D eigenvalue weighted by atomic mass is 10.2. The van der Waals surface area contributed by atoms with Crippen molar-refractivity contribution < 1.29 is 14.3 Å². The summed E-state index contributed by atoms with van der Waals surface area (Å²) in [5, 5.41) is 2.46. The van der Waals surface area contributed by atoms with Crippen molar-refractivity contribution in [2.75, 3.05) is 7.11 Å². The van der Waals surface area contributed by atoms with Crippen LogP contribution in [0.1, 0.15) is 20.7 Å². The molecule has 6 nitrogen and oxygen atoms in total. The summed E-state index contributed by atoms with van der Waals surface area (Å²) in [6, 6.07) is 13.5. The number of hydrogen-bond donors (Lipinski definition) is 3. The van der Waals surface area contributed by atoms with Crippen LogP contribution < -0.4 is 20.9 Å². The molecule has 0 atom stereocenters. The number of benzene rings is 2. The van der Waals surface area contributed by atoms with Gasteiger partial charge in [0, 0.05) is 11.1 Å². The van der Waals surface area contributed by atoms with Crippen molar-refractivity contribution in [3.63, 3.8) is 0 Å². The molecule has 0 aliphatic heterocycles. The van der Waals surface area contributed by atoms with Gasteiger partial charge in [0.2, 0.25) is 0 Å².